The third kappa shape index (κ3) is 6.57. The van der Waals surface area contributed by atoms with Crippen molar-refractivity contribution >= 4 is 17.7 Å². The summed E-state index contributed by atoms with van der Waals surface area (Å²) in [5.74, 6) is 1.15. The number of carbonyl (C=O) groups excluding carboxylic acids is 1. The number of amides is 1. The first kappa shape index (κ1) is 22.8. The summed E-state index contributed by atoms with van der Waals surface area (Å²) in [5, 5.41) is 3.01. The second-order valence-electron chi connectivity index (χ2n) is 7.77. The molecule has 3 rings (SSSR count). The lowest BCUT2D eigenvalue weighted by Crippen LogP contribution is -2.44. The van der Waals surface area contributed by atoms with Crippen molar-refractivity contribution in [3.8, 4) is 11.5 Å². The van der Waals surface area contributed by atoms with Crippen LogP contribution in [0.2, 0.25) is 0 Å². The predicted molar refractivity (Wildman–Crippen MR) is 124 cm³/mol. The minimum absolute atomic E-state index is 0.177. The van der Waals surface area contributed by atoms with Crippen LogP contribution < -0.4 is 14.8 Å². The molecule has 1 N–H and O–H groups in total. The predicted octanol–water partition coefficient (Wildman–Crippen LogP) is 4.36. The Bertz CT molecular complexity index is 902. The fraction of sp³-hybridized carbons (Fsp3) is 0.400. The summed E-state index contributed by atoms with van der Waals surface area (Å²) in [5.41, 5.74) is 2.78. The Morgan fingerprint density at radius 3 is 2.61 bits per heavy atom. The number of nitrogens with one attached hydrogen (secondary N) is 1. The van der Waals surface area contributed by atoms with Gasteiger partial charge in [-0.05, 0) is 56.2 Å². The molecule has 2 atom stereocenters. The van der Waals surface area contributed by atoms with E-state index in [0.29, 0.717) is 18.1 Å². The molecule has 1 heterocycles. The molecule has 6 heteroatoms. The highest BCUT2D eigenvalue weighted by molar-refractivity contribution is 6.02. The molecule has 1 fully saturated rings. The van der Waals surface area contributed by atoms with E-state index in [9.17, 15) is 4.79 Å². The zero-order chi connectivity index (χ0) is 22.2. The number of hydrogen-bond donors (Lipinski definition) is 1. The van der Waals surface area contributed by atoms with Gasteiger partial charge < -0.3 is 19.5 Å². The van der Waals surface area contributed by atoms with E-state index in [1.54, 1.807) is 13.2 Å². The molecule has 0 saturated carbocycles. The first-order valence-electron chi connectivity index (χ1n) is 10.7. The second-order valence-corrected chi connectivity index (χ2v) is 7.77. The highest BCUT2D eigenvalue weighted by Gasteiger charge is 2.22. The topological polar surface area (TPSA) is 60.0 Å². The van der Waals surface area contributed by atoms with Gasteiger partial charge >= 0.3 is 0 Å². The summed E-state index contributed by atoms with van der Waals surface area (Å²) in [4.78, 5) is 14.9. The molecule has 2 aromatic rings. The second kappa shape index (κ2) is 11.0. The van der Waals surface area contributed by atoms with E-state index in [1.807, 2.05) is 43.3 Å². The van der Waals surface area contributed by atoms with Crippen LogP contribution in [0.25, 0.3) is 6.08 Å². The molecule has 1 aliphatic heterocycles. The maximum absolute atomic E-state index is 12.6. The van der Waals surface area contributed by atoms with Gasteiger partial charge in [0.25, 0.3) is 0 Å². The normalized spacial score (nSPS) is 19.4. The van der Waals surface area contributed by atoms with Gasteiger partial charge in [0.15, 0.2) is 11.5 Å². The van der Waals surface area contributed by atoms with Gasteiger partial charge in [-0.1, -0.05) is 24.3 Å². The molecule has 0 aliphatic carbocycles. The van der Waals surface area contributed by atoms with Crippen LogP contribution in [-0.4, -0.2) is 49.8 Å². The molecule has 1 amide bonds. The van der Waals surface area contributed by atoms with Gasteiger partial charge in [-0.25, -0.2) is 0 Å². The fourth-order valence-corrected chi connectivity index (χ4v) is 3.84. The van der Waals surface area contributed by atoms with E-state index in [1.165, 1.54) is 6.08 Å². The van der Waals surface area contributed by atoms with Crippen molar-refractivity contribution in [2.75, 3.05) is 32.1 Å². The van der Waals surface area contributed by atoms with Crippen molar-refractivity contribution in [2.45, 2.75) is 39.5 Å². The average Bonchev–Trinajstić information content (AvgIpc) is 2.74. The number of hydrogen-bond acceptors (Lipinski definition) is 5. The number of para-hydroxylation sites is 1. The number of ether oxygens (including phenoxy) is 3. The van der Waals surface area contributed by atoms with Crippen molar-refractivity contribution in [3.63, 3.8) is 0 Å². The zero-order valence-corrected chi connectivity index (χ0v) is 18.8. The SMILES string of the molecule is CCOc1ccc(C=CC(=O)Nc2ccccc2CN2CC(C)OC(C)C2)cc1OC. The van der Waals surface area contributed by atoms with Gasteiger partial charge in [-0.15, -0.1) is 0 Å². The molecule has 0 bridgehead atoms. The van der Waals surface area contributed by atoms with Crippen LogP contribution in [-0.2, 0) is 16.1 Å². The molecule has 2 aromatic carbocycles. The molecular formula is C25H32N2O4. The molecule has 6 nitrogen and oxygen atoms in total. The Morgan fingerprint density at radius 2 is 1.90 bits per heavy atom. The number of morpholine rings is 1. The highest BCUT2D eigenvalue weighted by atomic mass is 16.5. The molecule has 0 radical (unpaired) electrons. The molecule has 166 valence electrons. The molecule has 31 heavy (non-hydrogen) atoms. The van der Waals surface area contributed by atoms with Gasteiger partial charge in [-0.2, -0.15) is 0 Å². The fourth-order valence-electron chi connectivity index (χ4n) is 3.84. The van der Waals surface area contributed by atoms with E-state index in [4.69, 9.17) is 14.2 Å². The van der Waals surface area contributed by atoms with E-state index in [0.717, 1.165) is 36.4 Å². The molecule has 2 unspecified atom stereocenters. The van der Waals surface area contributed by atoms with Crippen LogP contribution in [0.5, 0.6) is 11.5 Å². The Balaban J connectivity index is 1.66. The van der Waals surface area contributed by atoms with Gasteiger partial charge in [0.05, 0.1) is 25.9 Å². The summed E-state index contributed by atoms with van der Waals surface area (Å²) in [6, 6.07) is 13.5. The average molecular weight is 425 g/mol. The largest absolute Gasteiger partial charge is 0.493 e. The van der Waals surface area contributed by atoms with Gasteiger partial charge in [0, 0.05) is 31.4 Å². The van der Waals surface area contributed by atoms with Crippen LogP contribution in [0.3, 0.4) is 0 Å². The van der Waals surface area contributed by atoms with Crippen molar-refractivity contribution < 1.29 is 19.0 Å². The Morgan fingerprint density at radius 1 is 1.16 bits per heavy atom. The van der Waals surface area contributed by atoms with Crippen LogP contribution >= 0.6 is 0 Å². The molecule has 1 aliphatic rings. The van der Waals surface area contributed by atoms with E-state index in [2.05, 4.69) is 30.1 Å². The minimum atomic E-state index is -0.177. The maximum atomic E-state index is 12.6. The van der Waals surface area contributed by atoms with Crippen LogP contribution in [0.1, 0.15) is 31.9 Å². The van der Waals surface area contributed by atoms with Crippen molar-refractivity contribution in [1.29, 1.82) is 0 Å². The lowest BCUT2D eigenvalue weighted by atomic mass is 10.1. The number of benzene rings is 2. The van der Waals surface area contributed by atoms with Crippen molar-refractivity contribution in [3.05, 3.63) is 59.7 Å². The van der Waals surface area contributed by atoms with Crippen molar-refractivity contribution in [1.82, 2.24) is 4.90 Å². The Hall–Kier alpha value is -2.83. The Kier molecular flexibility index (Phi) is 8.09. The first-order chi connectivity index (χ1) is 15.0. The number of anilines is 1. The quantitative estimate of drug-likeness (QED) is 0.638. The molecule has 0 spiro atoms. The summed E-state index contributed by atoms with van der Waals surface area (Å²) in [6.07, 6.45) is 3.71. The number of carbonyl (C=O) groups is 1. The van der Waals surface area contributed by atoms with Crippen molar-refractivity contribution in [2.24, 2.45) is 0 Å². The lowest BCUT2D eigenvalue weighted by Gasteiger charge is -2.35. The summed E-state index contributed by atoms with van der Waals surface area (Å²) >= 11 is 0. The summed E-state index contributed by atoms with van der Waals surface area (Å²) in [6.45, 7) is 9.21. The first-order valence-corrected chi connectivity index (χ1v) is 10.7. The van der Waals surface area contributed by atoms with Crippen LogP contribution in [0.15, 0.2) is 48.5 Å². The number of rotatable bonds is 8. The number of methoxy groups -OCH3 is 1. The summed E-state index contributed by atoms with van der Waals surface area (Å²) in [7, 11) is 1.60. The van der Waals surface area contributed by atoms with E-state index in [-0.39, 0.29) is 18.1 Å². The minimum Gasteiger partial charge on any atom is -0.493 e. The van der Waals surface area contributed by atoms with E-state index >= 15 is 0 Å². The van der Waals surface area contributed by atoms with Gasteiger partial charge in [0.2, 0.25) is 5.91 Å². The van der Waals surface area contributed by atoms with E-state index < -0.39 is 0 Å². The van der Waals surface area contributed by atoms with Crippen LogP contribution in [0, 0.1) is 0 Å². The highest BCUT2D eigenvalue weighted by Crippen LogP contribution is 2.28. The summed E-state index contributed by atoms with van der Waals surface area (Å²) < 4.78 is 16.7. The maximum Gasteiger partial charge on any atom is 0.248 e. The molecule has 1 saturated heterocycles. The standard InChI is InChI=1S/C25H32N2O4/c1-5-30-23-12-10-20(14-24(23)29-4)11-13-25(28)26-22-9-7-6-8-21(22)17-27-15-18(2)31-19(3)16-27/h6-14,18-19H,5,15-17H2,1-4H3,(H,26,28). The van der Waals surface area contributed by atoms with Gasteiger partial charge in [-0.3, -0.25) is 9.69 Å². The third-order valence-electron chi connectivity index (χ3n) is 5.08. The number of nitrogens with zero attached hydrogens (tertiary/aromatic N) is 1. The monoisotopic (exact) mass is 424 g/mol. The van der Waals surface area contributed by atoms with Gasteiger partial charge in [0.1, 0.15) is 0 Å². The zero-order valence-electron chi connectivity index (χ0n) is 18.8. The van der Waals surface area contributed by atoms with Crippen LogP contribution in [0.4, 0.5) is 5.69 Å². The Labute approximate surface area is 184 Å². The third-order valence-corrected chi connectivity index (χ3v) is 5.08. The smallest absolute Gasteiger partial charge is 0.248 e. The lowest BCUT2D eigenvalue weighted by molar-refractivity contribution is -0.111. The molecular weight excluding hydrogens is 392 g/mol. The molecule has 0 aromatic heterocycles.